The van der Waals surface area contributed by atoms with E-state index < -0.39 is 28.5 Å². The number of carbonyl (C=O) groups is 1. The molecule has 0 aliphatic rings. The van der Waals surface area contributed by atoms with Crippen LogP contribution in [-0.2, 0) is 14.8 Å². The standard InChI is InChI=1S/C26H30N2O5S/c1-18-10-13-21(14-11-18)34(30,31)28(23-16-19(2)12-15-25(23)33-5)17-26(29)27-20(3)22-8-6-7-9-24(22)32-4/h6-16,20H,17H2,1-5H3,(H,27,29)/t20-/m1/s1. The first-order valence-electron chi connectivity index (χ1n) is 10.8. The second-order valence-corrected chi connectivity index (χ2v) is 9.89. The number of hydrogen-bond acceptors (Lipinski definition) is 5. The van der Waals surface area contributed by atoms with Gasteiger partial charge < -0.3 is 14.8 Å². The van der Waals surface area contributed by atoms with Crippen molar-refractivity contribution in [2.75, 3.05) is 25.1 Å². The molecule has 1 amide bonds. The first-order valence-corrected chi connectivity index (χ1v) is 12.3. The number of carbonyl (C=O) groups excluding carboxylic acids is 1. The quantitative estimate of drug-likeness (QED) is 0.489. The van der Waals surface area contributed by atoms with Crippen LogP contribution in [-0.4, -0.2) is 35.1 Å². The number of sulfonamides is 1. The molecule has 0 aromatic heterocycles. The Hall–Kier alpha value is -3.52. The SMILES string of the molecule is COc1ccccc1[C@@H](C)NC(=O)CN(c1cc(C)ccc1OC)S(=O)(=O)c1ccc(C)cc1. The van der Waals surface area contributed by atoms with Gasteiger partial charge in [0.2, 0.25) is 5.91 Å². The molecule has 0 aliphatic carbocycles. The van der Waals surface area contributed by atoms with Gasteiger partial charge in [-0.2, -0.15) is 0 Å². The lowest BCUT2D eigenvalue weighted by molar-refractivity contribution is -0.120. The molecule has 34 heavy (non-hydrogen) atoms. The van der Waals surface area contributed by atoms with E-state index in [1.54, 1.807) is 31.4 Å². The van der Waals surface area contributed by atoms with Crippen LogP contribution < -0.4 is 19.1 Å². The van der Waals surface area contributed by atoms with Crippen molar-refractivity contribution < 1.29 is 22.7 Å². The molecule has 0 fully saturated rings. The minimum absolute atomic E-state index is 0.0900. The highest BCUT2D eigenvalue weighted by Crippen LogP contribution is 2.33. The lowest BCUT2D eigenvalue weighted by atomic mass is 10.1. The fraction of sp³-hybridized carbons (Fsp3) is 0.269. The molecule has 0 saturated heterocycles. The van der Waals surface area contributed by atoms with Crippen LogP contribution in [0.1, 0.15) is 29.7 Å². The minimum atomic E-state index is -4.06. The van der Waals surface area contributed by atoms with Crippen LogP contribution in [0.2, 0.25) is 0 Å². The second kappa shape index (κ2) is 10.6. The number of nitrogens with one attached hydrogen (secondary N) is 1. The number of amides is 1. The smallest absolute Gasteiger partial charge is 0.264 e. The lowest BCUT2D eigenvalue weighted by Crippen LogP contribution is -2.41. The lowest BCUT2D eigenvalue weighted by Gasteiger charge is -2.27. The van der Waals surface area contributed by atoms with Crippen LogP contribution in [0.15, 0.2) is 71.6 Å². The molecular formula is C26H30N2O5S. The van der Waals surface area contributed by atoms with E-state index >= 15 is 0 Å². The van der Waals surface area contributed by atoms with E-state index in [0.717, 1.165) is 21.0 Å². The molecule has 180 valence electrons. The maximum absolute atomic E-state index is 13.7. The average molecular weight is 483 g/mol. The van der Waals surface area contributed by atoms with Crippen molar-refractivity contribution in [3.8, 4) is 11.5 Å². The van der Waals surface area contributed by atoms with Crippen molar-refractivity contribution in [3.63, 3.8) is 0 Å². The van der Waals surface area contributed by atoms with Gasteiger partial charge >= 0.3 is 0 Å². The summed E-state index contributed by atoms with van der Waals surface area (Å²) >= 11 is 0. The monoisotopic (exact) mass is 482 g/mol. The molecule has 0 radical (unpaired) electrons. The highest BCUT2D eigenvalue weighted by molar-refractivity contribution is 7.92. The summed E-state index contributed by atoms with van der Waals surface area (Å²) in [5, 5.41) is 2.89. The Kier molecular flexibility index (Phi) is 7.83. The largest absolute Gasteiger partial charge is 0.496 e. The molecule has 3 rings (SSSR count). The van der Waals surface area contributed by atoms with Crippen LogP contribution in [0.3, 0.4) is 0 Å². The van der Waals surface area contributed by atoms with E-state index in [0.29, 0.717) is 17.2 Å². The van der Waals surface area contributed by atoms with Crippen molar-refractivity contribution in [1.29, 1.82) is 0 Å². The number of rotatable bonds is 9. The Labute approximate surface area is 201 Å². The number of anilines is 1. The van der Waals surface area contributed by atoms with E-state index in [2.05, 4.69) is 5.32 Å². The van der Waals surface area contributed by atoms with Crippen molar-refractivity contribution in [1.82, 2.24) is 5.32 Å². The summed E-state index contributed by atoms with van der Waals surface area (Å²) in [6.45, 7) is 5.13. The fourth-order valence-electron chi connectivity index (χ4n) is 3.65. The molecule has 0 aliphatic heterocycles. The van der Waals surface area contributed by atoms with Crippen molar-refractivity contribution in [2.45, 2.75) is 31.7 Å². The molecule has 1 atom stereocenters. The third-order valence-corrected chi connectivity index (χ3v) is 7.26. The summed E-state index contributed by atoms with van der Waals surface area (Å²) in [7, 11) is -1.03. The normalized spacial score (nSPS) is 12.0. The zero-order chi connectivity index (χ0) is 24.9. The van der Waals surface area contributed by atoms with Crippen molar-refractivity contribution in [3.05, 3.63) is 83.4 Å². The number of aryl methyl sites for hydroxylation is 2. The summed E-state index contributed by atoms with van der Waals surface area (Å²) in [5.74, 6) is 0.532. The minimum Gasteiger partial charge on any atom is -0.496 e. The van der Waals surface area contributed by atoms with Gasteiger partial charge in [-0.15, -0.1) is 0 Å². The molecule has 0 spiro atoms. The maximum atomic E-state index is 13.7. The third-order valence-electron chi connectivity index (χ3n) is 5.48. The fourth-order valence-corrected chi connectivity index (χ4v) is 5.07. The van der Waals surface area contributed by atoms with Crippen LogP contribution in [0.4, 0.5) is 5.69 Å². The molecule has 0 bridgehead atoms. The molecule has 0 saturated carbocycles. The van der Waals surface area contributed by atoms with Gasteiger partial charge in [0.05, 0.1) is 30.8 Å². The van der Waals surface area contributed by atoms with Gasteiger partial charge in [0.15, 0.2) is 0 Å². The van der Waals surface area contributed by atoms with E-state index in [9.17, 15) is 13.2 Å². The molecule has 7 nitrogen and oxygen atoms in total. The highest BCUT2D eigenvalue weighted by Gasteiger charge is 2.30. The van der Waals surface area contributed by atoms with Gasteiger partial charge in [0.25, 0.3) is 10.0 Å². The highest BCUT2D eigenvalue weighted by atomic mass is 32.2. The first kappa shape index (κ1) is 25.1. The zero-order valence-electron chi connectivity index (χ0n) is 20.0. The zero-order valence-corrected chi connectivity index (χ0v) is 20.8. The molecule has 1 N–H and O–H groups in total. The topological polar surface area (TPSA) is 84.9 Å². The number of methoxy groups -OCH3 is 2. The average Bonchev–Trinajstić information content (AvgIpc) is 2.82. The molecule has 0 heterocycles. The number of nitrogens with zero attached hydrogens (tertiary/aromatic N) is 1. The van der Waals surface area contributed by atoms with Gasteiger partial charge in [0.1, 0.15) is 18.0 Å². The summed E-state index contributed by atoms with van der Waals surface area (Å²) in [6.07, 6.45) is 0. The van der Waals surface area contributed by atoms with Gasteiger partial charge in [-0.05, 0) is 56.7 Å². The van der Waals surface area contributed by atoms with E-state index in [1.165, 1.54) is 19.2 Å². The van der Waals surface area contributed by atoms with E-state index in [-0.39, 0.29) is 4.90 Å². The number of hydrogen-bond donors (Lipinski definition) is 1. The van der Waals surface area contributed by atoms with Gasteiger partial charge in [-0.3, -0.25) is 9.10 Å². The van der Waals surface area contributed by atoms with Gasteiger partial charge in [-0.1, -0.05) is 42.0 Å². The van der Waals surface area contributed by atoms with Crippen LogP contribution >= 0.6 is 0 Å². The number of ether oxygens (including phenoxy) is 2. The Morgan fingerprint density at radius 3 is 2.18 bits per heavy atom. The number of benzene rings is 3. The maximum Gasteiger partial charge on any atom is 0.264 e. The van der Waals surface area contributed by atoms with Crippen molar-refractivity contribution in [2.24, 2.45) is 0 Å². The third kappa shape index (κ3) is 5.51. The Morgan fingerprint density at radius 2 is 1.53 bits per heavy atom. The molecule has 3 aromatic rings. The molecule has 8 heteroatoms. The summed E-state index contributed by atoms with van der Waals surface area (Å²) in [5.41, 5.74) is 2.85. The van der Waals surface area contributed by atoms with Gasteiger partial charge in [0, 0.05) is 5.56 Å². The molecule has 0 unspecified atom stereocenters. The van der Waals surface area contributed by atoms with E-state index in [4.69, 9.17) is 9.47 Å². The first-order chi connectivity index (χ1) is 16.2. The molecule has 3 aromatic carbocycles. The van der Waals surface area contributed by atoms with E-state index in [1.807, 2.05) is 51.1 Å². The Bertz CT molecular complexity index is 1260. The van der Waals surface area contributed by atoms with Crippen LogP contribution in [0.5, 0.6) is 11.5 Å². The van der Waals surface area contributed by atoms with Crippen molar-refractivity contribution >= 4 is 21.6 Å². The second-order valence-electron chi connectivity index (χ2n) is 8.03. The summed E-state index contributed by atoms with van der Waals surface area (Å²) < 4.78 is 39.3. The van der Waals surface area contributed by atoms with Crippen LogP contribution in [0, 0.1) is 13.8 Å². The molecular weight excluding hydrogens is 452 g/mol. The Morgan fingerprint density at radius 1 is 0.912 bits per heavy atom. The van der Waals surface area contributed by atoms with Gasteiger partial charge in [-0.25, -0.2) is 8.42 Å². The predicted octanol–water partition coefficient (Wildman–Crippen LogP) is 4.39. The predicted molar refractivity (Wildman–Crippen MR) is 133 cm³/mol. The number of para-hydroxylation sites is 1. The summed E-state index contributed by atoms with van der Waals surface area (Å²) in [6, 6.07) is 18.7. The summed E-state index contributed by atoms with van der Waals surface area (Å²) in [4.78, 5) is 13.2. The Balaban J connectivity index is 1.98. The van der Waals surface area contributed by atoms with Crippen LogP contribution in [0.25, 0.3) is 0 Å².